The van der Waals surface area contributed by atoms with Crippen molar-refractivity contribution in [1.29, 1.82) is 0 Å². The number of hydrogen-bond acceptors (Lipinski definition) is 2. The maximum absolute atomic E-state index is 4.15. The van der Waals surface area contributed by atoms with E-state index in [4.69, 9.17) is 0 Å². The molecule has 1 aliphatic carbocycles. The molecule has 0 atom stereocenters. The molecule has 3 heteroatoms. The van der Waals surface area contributed by atoms with Gasteiger partial charge < -0.3 is 5.32 Å². The summed E-state index contributed by atoms with van der Waals surface area (Å²) in [5.41, 5.74) is 1.94. The van der Waals surface area contributed by atoms with Crippen LogP contribution in [0, 0.1) is 5.41 Å². The predicted octanol–water partition coefficient (Wildman–Crippen LogP) is 1.35. The smallest absolute Gasteiger partial charge is 0.0522 e. The third-order valence-electron chi connectivity index (χ3n) is 3.00. The summed E-state index contributed by atoms with van der Waals surface area (Å²) in [5, 5.41) is 7.65. The van der Waals surface area contributed by atoms with E-state index in [0.29, 0.717) is 5.41 Å². The first-order valence-electron chi connectivity index (χ1n) is 5.36. The SMILES string of the molecule is Cn1cc(CCNCC2(C)CC2)cn1. The number of nitrogens with one attached hydrogen (secondary N) is 1. The zero-order valence-electron chi connectivity index (χ0n) is 9.08. The van der Waals surface area contributed by atoms with Gasteiger partial charge in [0.15, 0.2) is 0 Å². The van der Waals surface area contributed by atoms with Crippen LogP contribution >= 0.6 is 0 Å². The third kappa shape index (κ3) is 2.58. The highest BCUT2D eigenvalue weighted by molar-refractivity contribution is 5.04. The Hall–Kier alpha value is -0.830. The van der Waals surface area contributed by atoms with Crippen molar-refractivity contribution < 1.29 is 0 Å². The van der Waals surface area contributed by atoms with Gasteiger partial charge >= 0.3 is 0 Å². The van der Waals surface area contributed by atoms with Crippen molar-refractivity contribution in [3.05, 3.63) is 18.0 Å². The Balaban J connectivity index is 1.63. The van der Waals surface area contributed by atoms with Gasteiger partial charge in [0.25, 0.3) is 0 Å². The average molecular weight is 193 g/mol. The lowest BCUT2D eigenvalue weighted by Gasteiger charge is -2.08. The van der Waals surface area contributed by atoms with Crippen molar-refractivity contribution in [1.82, 2.24) is 15.1 Å². The molecular weight excluding hydrogens is 174 g/mol. The molecule has 1 aliphatic rings. The number of rotatable bonds is 5. The van der Waals surface area contributed by atoms with Gasteiger partial charge in [0.05, 0.1) is 6.20 Å². The van der Waals surface area contributed by atoms with Gasteiger partial charge in [-0.2, -0.15) is 5.10 Å². The van der Waals surface area contributed by atoms with Gasteiger partial charge in [-0.05, 0) is 36.8 Å². The lowest BCUT2D eigenvalue weighted by molar-refractivity contribution is 0.502. The molecule has 1 aromatic heterocycles. The summed E-state index contributed by atoms with van der Waals surface area (Å²) in [6.45, 7) is 4.60. The average Bonchev–Trinajstić information content (AvgIpc) is 2.73. The molecule has 1 saturated carbocycles. The lowest BCUT2D eigenvalue weighted by atomic mass is 10.1. The van der Waals surface area contributed by atoms with Crippen LogP contribution in [0.2, 0.25) is 0 Å². The van der Waals surface area contributed by atoms with E-state index >= 15 is 0 Å². The maximum atomic E-state index is 4.15. The van der Waals surface area contributed by atoms with Crippen molar-refractivity contribution in [3.63, 3.8) is 0 Å². The van der Waals surface area contributed by atoms with Crippen LogP contribution in [0.15, 0.2) is 12.4 Å². The molecule has 14 heavy (non-hydrogen) atoms. The normalized spacial score (nSPS) is 18.4. The van der Waals surface area contributed by atoms with E-state index in [1.807, 2.05) is 17.9 Å². The van der Waals surface area contributed by atoms with Crippen molar-refractivity contribution >= 4 is 0 Å². The molecule has 0 radical (unpaired) electrons. The highest BCUT2D eigenvalue weighted by Crippen LogP contribution is 2.43. The fourth-order valence-electron chi connectivity index (χ4n) is 1.61. The molecule has 0 bridgehead atoms. The van der Waals surface area contributed by atoms with Crippen molar-refractivity contribution in [2.45, 2.75) is 26.2 Å². The first kappa shape index (κ1) is 9.71. The van der Waals surface area contributed by atoms with E-state index in [1.165, 1.54) is 24.9 Å². The number of nitrogens with zero attached hydrogens (tertiary/aromatic N) is 2. The third-order valence-corrected chi connectivity index (χ3v) is 3.00. The van der Waals surface area contributed by atoms with E-state index < -0.39 is 0 Å². The molecule has 0 saturated heterocycles. The number of aryl methyl sites for hydroxylation is 1. The van der Waals surface area contributed by atoms with E-state index in [0.717, 1.165) is 13.0 Å². The first-order valence-corrected chi connectivity index (χ1v) is 5.36. The Morgan fingerprint density at radius 3 is 2.93 bits per heavy atom. The van der Waals surface area contributed by atoms with Crippen LogP contribution < -0.4 is 5.32 Å². The van der Waals surface area contributed by atoms with E-state index in [-0.39, 0.29) is 0 Å². The Morgan fingerprint density at radius 2 is 2.36 bits per heavy atom. The Bertz CT molecular complexity index is 299. The zero-order valence-corrected chi connectivity index (χ0v) is 9.08. The van der Waals surface area contributed by atoms with Crippen molar-refractivity contribution in [2.75, 3.05) is 13.1 Å². The Labute approximate surface area is 85.5 Å². The summed E-state index contributed by atoms with van der Waals surface area (Å²) < 4.78 is 1.86. The molecule has 0 aliphatic heterocycles. The van der Waals surface area contributed by atoms with Crippen molar-refractivity contribution in [3.8, 4) is 0 Å². The van der Waals surface area contributed by atoms with Crippen LogP contribution in [-0.4, -0.2) is 22.9 Å². The van der Waals surface area contributed by atoms with Gasteiger partial charge in [0, 0.05) is 19.8 Å². The molecule has 78 valence electrons. The van der Waals surface area contributed by atoms with Gasteiger partial charge in [-0.25, -0.2) is 0 Å². The predicted molar refractivity (Wildman–Crippen MR) is 57.1 cm³/mol. The standard InChI is InChI=1S/C11H19N3/c1-11(4-5-11)9-12-6-3-10-7-13-14(2)8-10/h7-8,12H,3-6,9H2,1-2H3. The summed E-state index contributed by atoms with van der Waals surface area (Å²) in [4.78, 5) is 0. The zero-order chi connectivity index (χ0) is 10.0. The van der Waals surface area contributed by atoms with Gasteiger partial charge in [-0.15, -0.1) is 0 Å². The van der Waals surface area contributed by atoms with Crippen LogP contribution in [0.5, 0.6) is 0 Å². The Kier molecular flexibility index (Phi) is 2.59. The summed E-state index contributed by atoms with van der Waals surface area (Å²) in [5.74, 6) is 0. The van der Waals surface area contributed by atoms with Crippen LogP contribution in [0.1, 0.15) is 25.3 Å². The van der Waals surface area contributed by atoms with Crippen molar-refractivity contribution in [2.24, 2.45) is 12.5 Å². The quantitative estimate of drug-likeness (QED) is 0.715. The number of hydrogen-bond donors (Lipinski definition) is 1. The van der Waals surface area contributed by atoms with Crippen LogP contribution in [-0.2, 0) is 13.5 Å². The molecule has 0 unspecified atom stereocenters. The summed E-state index contributed by atoms with van der Waals surface area (Å²) in [6.07, 6.45) is 7.91. The first-order chi connectivity index (χ1) is 6.68. The van der Waals surface area contributed by atoms with Gasteiger partial charge in [0.2, 0.25) is 0 Å². The van der Waals surface area contributed by atoms with Gasteiger partial charge in [-0.3, -0.25) is 4.68 Å². The van der Waals surface area contributed by atoms with Crippen LogP contribution in [0.4, 0.5) is 0 Å². The molecule has 1 aromatic rings. The number of aromatic nitrogens is 2. The molecule has 1 fully saturated rings. The Morgan fingerprint density at radius 1 is 1.57 bits per heavy atom. The second-order valence-electron chi connectivity index (χ2n) is 4.76. The van der Waals surface area contributed by atoms with E-state index in [1.54, 1.807) is 0 Å². The molecule has 1 heterocycles. The monoisotopic (exact) mass is 193 g/mol. The largest absolute Gasteiger partial charge is 0.316 e. The molecule has 1 N–H and O–H groups in total. The van der Waals surface area contributed by atoms with Crippen LogP contribution in [0.25, 0.3) is 0 Å². The molecule has 2 rings (SSSR count). The minimum Gasteiger partial charge on any atom is -0.316 e. The fourth-order valence-corrected chi connectivity index (χ4v) is 1.61. The molecular formula is C11H19N3. The fraction of sp³-hybridized carbons (Fsp3) is 0.727. The lowest BCUT2D eigenvalue weighted by Crippen LogP contribution is -2.24. The molecule has 0 amide bonds. The summed E-state index contributed by atoms with van der Waals surface area (Å²) in [6, 6.07) is 0. The van der Waals surface area contributed by atoms with Gasteiger partial charge in [-0.1, -0.05) is 6.92 Å². The van der Waals surface area contributed by atoms with Crippen LogP contribution in [0.3, 0.4) is 0 Å². The minimum absolute atomic E-state index is 0.620. The van der Waals surface area contributed by atoms with E-state index in [9.17, 15) is 0 Å². The molecule has 0 spiro atoms. The second-order valence-corrected chi connectivity index (χ2v) is 4.76. The topological polar surface area (TPSA) is 29.9 Å². The highest BCUT2D eigenvalue weighted by atomic mass is 15.2. The summed E-state index contributed by atoms with van der Waals surface area (Å²) in [7, 11) is 1.96. The maximum Gasteiger partial charge on any atom is 0.0522 e. The molecule has 3 nitrogen and oxygen atoms in total. The van der Waals surface area contributed by atoms with Gasteiger partial charge in [0.1, 0.15) is 0 Å². The molecule has 0 aromatic carbocycles. The highest BCUT2D eigenvalue weighted by Gasteiger charge is 2.36. The van der Waals surface area contributed by atoms with E-state index in [2.05, 4.69) is 23.5 Å². The summed E-state index contributed by atoms with van der Waals surface area (Å²) >= 11 is 0. The second kappa shape index (κ2) is 3.73. The minimum atomic E-state index is 0.620.